The van der Waals surface area contributed by atoms with Crippen molar-refractivity contribution in [1.29, 1.82) is 0 Å². The van der Waals surface area contributed by atoms with Gasteiger partial charge in [-0.15, -0.1) is 0 Å². The summed E-state index contributed by atoms with van der Waals surface area (Å²) < 4.78 is 37.5. The number of hydrogen-bond acceptors (Lipinski definition) is 8. The molecule has 0 fully saturated rings. The van der Waals surface area contributed by atoms with Gasteiger partial charge in [0.15, 0.2) is 0 Å². The van der Waals surface area contributed by atoms with Crippen LogP contribution in [0.4, 0.5) is 0 Å². The van der Waals surface area contributed by atoms with Crippen LogP contribution < -0.4 is 0 Å². The zero-order valence-electron chi connectivity index (χ0n) is 17.9. The molecule has 0 saturated heterocycles. The highest BCUT2D eigenvalue weighted by Crippen LogP contribution is 2.05. The first-order valence-corrected chi connectivity index (χ1v) is 10.5. The molecule has 0 bridgehead atoms. The molecular weight excluding hydrogens is 368 g/mol. The Morgan fingerprint density at radius 1 is 0.500 bits per heavy atom. The molecule has 8 nitrogen and oxygen atoms in total. The van der Waals surface area contributed by atoms with Gasteiger partial charge in [0, 0.05) is 6.61 Å². The van der Waals surface area contributed by atoms with E-state index in [9.17, 15) is 0 Å². The molecule has 1 atom stereocenters. The van der Waals surface area contributed by atoms with Gasteiger partial charge >= 0.3 is 0 Å². The summed E-state index contributed by atoms with van der Waals surface area (Å²) in [7, 11) is 0. The molecule has 0 heterocycles. The molecule has 8 heteroatoms. The van der Waals surface area contributed by atoms with Gasteiger partial charge in [0.05, 0.1) is 92.5 Å². The predicted octanol–water partition coefficient (Wildman–Crippen LogP) is 1.53. The largest absolute Gasteiger partial charge is 0.394 e. The second kappa shape index (κ2) is 24.7. The minimum absolute atomic E-state index is 0.0378. The molecule has 1 N–H and O–H groups in total. The first kappa shape index (κ1) is 27.7. The topological polar surface area (TPSA) is 84.8 Å². The fourth-order valence-electron chi connectivity index (χ4n) is 1.97. The lowest BCUT2D eigenvalue weighted by Gasteiger charge is -2.09. The van der Waals surface area contributed by atoms with Crippen molar-refractivity contribution < 1.29 is 38.3 Å². The average Bonchev–Trinajstić information content (AvgIpc) is 2.71. The smallest absolute Gasteiger partial charge is 0.0701 e. The molecule has 0 spiro atoms. The third-order valence-corrected chi connectivity index (χ3v) is 3.92. The Kier molecular flexibility index (Phi) is 24.4. The van der Waals surface area contributed by atoms with Gasteiger partial charge in [-0.2, -0.15) is 0 Å². The van der Waals surface area contributed by atoms with Crippen LogP contribution in [0.5, 0.6) is 0 Å². The fraction of sp³-hybridized carbons (Fsp3) is 1.00. The molecule has 0 rings (SSSR count). The van der Waals surface area contributed by atoms with Gasteiger partial charge in [-0.3, -0.25) is 0 Å². The summed E-state index contributed by atoms with van der Waals surface area (Å²) in [6, 6.07) is 0. The van der Waals surface area contributed by atoms with E-state index in [1.54, 1.807) is 0 Å². The summed E-state index contributed by atoms with van der Waals surface area (Å²) in [6.45, 7) is 12.2. The molecule has 0 aromatic carbocycles. The highest BCUT2D eigenvalue weighted by molar-refractivity contribution is 4.48. The summed E-state index contributed by atoms with van der Waals surface area (Å²) in [5.41, 5.74) is 0. The van der Waals surface area contributed by atoms with Crippen LogP contribution in [-0.2, 0) is 33.2 Å². The van der Waals surface area contributed by atoms with E-state index < -0.39 is 0 Å². The van der Waals surface area contributed by atoms with E-state index >= 15 is 0 Å². The van der Waals surface area contributed by atoms with Crippen LogP contribution in [-0.4, -0.2) is 104 Å². The Bertz CT molecular complexity index is 281. The van der Waals surface area contributed by atoms with Crippen molar-refractivity contribution in [1.82, 2.24) is 0 Å². The Morgan fingerprint density at radius 2 is 0.786 bits per heavy atom. The van der Waals surface area contributed by atoms with Crippen molar-refractivity contribution in [2.45, 2.75) is 26.7 Å². The number of aliphatic hydroxyl groups is 1. The predicted molar refractivity (Wildman–Crippen MR) is 107 cm³/mol. The van der Waals surface area contributed by atoms with E-state index in [-0.39, 0.29) is 6.61 Å². The van der Waals surface area contributed by atoms with Crippen molar-refractivity contribution in [2.75, 3.05) is 99.1 Å². The fourth-order valence-corrected chi connectivity index (χ4v) is 1.97. The van der Waals surface area contributed by atoms with E-state index in [4.69, 9.17) is 38.3 Å². The summed E-state index contributed by atoms with van der Waals surface area (Å²) in [5.74, 6) is 0.728. The maximum Gasteiger partial charge on any atom is 0.0701 e. The van der Waals surface area contributed by atoms with Gasteiger partial charge in [-0.25, -0.2) is 0 Å². The molecule has 28 heavy (non-hydrogen) atoms. The quantitative estimate of drug-likeness (QED) is 0.240. The Hall–Kier alpha value is -0.320. The maximum absolute atomic E-state index is 8.53. The lowest BCUT2D eigenvalue weighted by molar-refractivity contribution is -0.0217. The van der Waals surface area contributed by atoms with Crippen molar-refractivity contribution in [3.05, 3.63) is 0 Å². The van der Waals surface area contributed by atoms with E-state index in [1.165, 1.54) is 6.42 Å². The first-order valence-electron chi connectivity index (χ1n) is 10.5. The highest BCUT2D eigenvalue weighted by atomic mass is 16.6. The zero-order valence-corrected chi connectivity index (χ0v) is 17.9. The van der Waals surface area contributed by atoms with E-state index in [0.717, 1.165) is 18.9 Å². The second-order valence-corrected chi connectivity index (χ2v) is 6.31. The van der Waals surface area contributed by atoms with Crippen LogP contribution in [0.2, 0.25) is 0 Å². The summed E-state index contributed by atoms with van der Waals surface area (Å²) in [5, 5.41) is 8.53. The average molecular weight is 411 g/mol. The number of rotatable bonds is 24. The van der Waals surface area contributed by atoms with Crippen LogP contribution in [0, 0.1) is 5.92 Å². The number of hydrogen-bond donors (Lipinski definition) is 1. The van der Waals surface area contributed by atoms with E-state index in [0.29, 0.717) is 85.9 Å². The molecule has 0 aliphatic rings. The van der Waals surface area contributed by atoms with Crippen molar-refractivity contribution in [2.24, 2.45) is 5.92 Å². The number of aliphatic hydroxyl groups excluding tert-OH is 1. The second-order valence-electron chi connectivity index (χ2n) is 6.31. The van der Waals surface area contributed by atoms with Gasteiger partial charge < -0.3 is 38.3 Å². The van der Waals surface area contributed by atoms with Gasteiger partial charge in [-0.1, -0.05) is 20.3 Å². The lowest BCUT2D eigenvalue weighted by Crippen LogP contribution is -2.14. The molecule has 0 amide bonds. The standard InChI is InChI=1S/C20H42O8/c1-3-20(2)4-6-22-8-10-24-12-14-26-16-18-28-19-17-27-15-13-25-11-9-23-7-5-21/h20-21H,3-19H2,1-2H3. The van der Waals surface area contributed by atoms with Crippen LogP contribution in [0.25, 0.3) is 0 Å². The minimum atomic E-state index is 0.0378. The van der Waals surface area contributed by atoms with Crippen LogP contribution in [0.3, 0.4) is 0 Å². The first-order chi connectivity index (χ1) is 13.8. The lowest BCUT2D eigenvalue weighted by atomic mass is 10.1. The molecule has 0 aromatic rings. The molecule has 1 unspecified atom stereocenters. The summed E-state index contributed by atoms with van der Waals surface area (Å²) in [6.07, 6.45) is 2.31. The molecule has 0 aliphatic heterocycles. The van der Waals surface area contributed by atoms with Gasteiger partial charge in [0.1, 0.15) is 0 Å². The molecule has 170 valence electrons. The third kappa shape index (κ3) is 23.7. The highest BCUT2D eigenvalue weighted by Gasteiger charge is 1.98. The monoisotopic (exact) mass is 410 g/mol. The zero-order chi connectivity index (χ0) is 20.5. The van der Waals surface area contributed by atoms with Crippen LogP contribution >= 0.6 is 0 Å². The van der Waals surface area contributed by atoms with Crippen LogP contribution in [0.15, 0.2) is 0 Å². The molecule has 0 aromatic heterocycles. The minimum Gasteiger partial charge on any atom is -0.394 e. The van der Waals surface area contributed by atoms with Crippen molar-refractivity contribution >= 4 is 0 Å². The SMILES string of the molecule is CCC(C)CCOCCOCCOCCOCCOCCOCCOCCO. The Morgan fingerprint density at radius 3 is 1.07 bits per heavy atom. The number of ether oxygens (including phenoxy) is 7. The van der Waals surface area contributed by atoms with Gasteiger partial charge in [0.2, 0.25) is 0 Å². The van der Waals surface area contributed by atoms with E-state index in [1.807, 2.05) is 0 Å². The maximum atomic E-state index is 8.53. The Labute approximate surface area is 170 Å². The third-order valence-electron chi connectivity index (χ3n) is 3.92. The molecule has 0 radical (unpaired) electrons. The van der Waals surface area contributed by atoms with Crippen molar-refractivity contribution in [3.8, 4) is 0 Å². The van der Waals surface area contributed by atoms with Crippen molar-refractivity contribution in [3.63, 3.8) is 0 Å². The van der Waals surface area contributed by atoms with Gasteiger partial charge in [0.25, 0.3) is 0 Å². The van der Waals surface area contributed by atoms with E-state index in [2.05, 4.69) is 13.8 Å². The molecule has 0 saturated carbocycles. The normalized spacial score (nSPS) is 12.5. The van der Waals surface area contributed by atoms with Gasteiger partial charge in [-0.05, 0) is 12.3 Å². The molecule has 0 aliphatic carbocycles. The molecular formula is C20H42O8. The Balaban J connectivity index is 3.00. The summed E-state index contributed by atoms with van der Waals surface area (Å²) >= 11 is 0. The summed E-state index contributed by atoms with van der Waals surface area (Å²) in [4.78, 5) is 0. The van der Waals surface area contributed by atoms with Crippen LogP contribution in [0.1, 0.15) is 26.7 Å².